The third-order valence-electron chi connectivity index (χ3n) is 2.42. The number of rotatable bonds is 4. The zero-order valence-electron chi connectivity index (χ0n) is 8.57. The molecule has 1 aromatic rings. The minimum Gasteiger partial charge on any atom is -0.312 e. The Morgan fingerprint density at radius 2 is 2.53 bits per heavy atom. The summed E-state index contributed by atoms with van der Waals surface area (Å²) < 4.78 is 0. The second-order valence-electron chi connectivity index (χ2n) is 3.72. The Balaban J connectivity index is 1.76. The SMILES string of the molecule is O=C(Cc1cccs1)CC1CSCCN1. The lowest BCUT2D eigenvalue weighted by Gasteiger charge is -2.22. The standard InChI is InChI=1S/C11H15NOS2/c13-10(7-11-2-1-4-15-11)6-9-8-14-5-3-12-9/h1-2,4,9,12H,3,5-8H2. The Kier molecular flexibility index (Phi) is 4.23. The van der Waals surface area contributed by atoms with Crippen molar-refractivity contribution in [3.63, 3.8) is 0 Å². The van der Waals surface area contributed by atoms with Crippen LogP contribution in [0, 0.1) is 0 Å². The predicted molar refractivity (Wildman–Crippen MR) is 66.8 cm³/mol. The normalized spacial score (nSPS) is 21.5. The fourth-order valence-corrected chi connectivity index (χ4v) is 3.39. The van der Waals surface area contributed by atoms with Crippen molar-refractivity contribution in [2.45, 2.75) is 18.9 Å². The number of carbonyl (C=O) groups is 1. The maximum Gasteiger partial charge on any atom is 0.139 e. The highest BCUT2D eigenvalue weighted by atomic mass is 32.2. The molecule has 0 aliphatic carbocycles. The first kappa shape index (κ1) is 11.2. The zero-order chi connectivity index (χ0) is 10.5. The molecule has 0 bridgehead atoms. The van der Waals surface area contributed by atoms with Crippen molar-refractivity contribution < 1.29 is 4.79 Å². The van der Waals surface area contributed by atoms with Crippen molar-refractivity contribution in [2.75, 3.05) is 18.1 Å². The molecule has 1 aliphatic heterocycles. The van der Waals surface area contributed by atoms with Crippen LogP contribution in [-0.4, -0.2) is 29.9 Å². The first-order chi connectivity index (χ1) is 7.34. The van der Waals surface area contributed by atoms with Gasteiger partial charge in [-0.15, -0.1) is 11.3 Å². The van der Waals surface area contributed by atoms with Crippen molar-refractivity contribution in [3.05, 3.63) is 22.4 Å². The predicted octanol–water partition coefficient (Wildman–Crippen LogP) is 1.95. The van der Waals surface area contributed by atoms with E-state index in [0.717, 1.165) is 12.3 Å². The molecule has 2 rings (SSSR count). The summed E-state index contributed by atoms with van der Waals surface area (Å²) in [6.07, 6.45) is 1.30. The smallest absolute Gasteiger partial charge is 0.139 e. The van der Waals surface area contributed by atoms with Gasteiger partial charge in [0.05, 0.1) is 0 Å². The molecule has 1 N–H and O–H groups in total. The van der Waals surface area contributed by atoms with Gasteiger partial charge in [0.1, 0.15) is 5.78 Å². The van der Waals surface area contributed by atoms with Gasteiger partial charge in [-0.3, -0.25) is 4.79 Å². The van der Waals surface area contributed by atoms with Gasteiger partial charge in [0.25, 0.3) is 0 Å². The van der Waals surface area contributed by atoms with E-state index in [1.54, 1.807) is 11.3 Å². The topological polar surface area (TPSA) is 29.1 Å². The van der Waals surface area contributed by atoms with Gasteiger partial charge < -0.3 is 5.32 Å². The van der Waals surface area contributed by atoms with Crippen LogP contribution >= 0.6 is 23.1 Å². The van der Waals surface area contributed by atoms with Gasteiger partial charge in [-0.05, 0) is 11.4 Å². The summed E-state index contributed by atoms with van der Waals surface area (Å²) in [5.41, 5.74) is 0. The summed E-state index contributed by atoms with van der Waals surface area (Å²) in [5.74, 6) is 2.61. The second-order valence-corrected chi connectivity index (χ2v) is 5.91. The molecule has 1 aliphatic rings. The number of hydrogen-bond donors (Lipinski definition) is 1. The fraction of sp³-hybridized carbons (Fsp3) is 0.545. The maximum absolute atomic E-state index is 11.7. The number of thiophene rings is 1. The Hall–Kier alpha value is -0.320. The van der Waals surface area contributed by atoms with Gasteiger partial charge in [0, 0.05) is 41.8 Å². The lowest BCUT2D eigenvalue weighted by Crippen LogP contribution is -2.39. The molecule has 2 nitrogen and oxygen atoms in total. The monoisotopic (exact) mass is 241 g/mol. The Bertz CT molecular complexity index is 304. The van der Waals surface area contributed by atoms with Gasteiger partial charge in [0.2, 0.25) is 0 Å². The van der Waals surface area contributed by atoms with Crippen LogP contribution in [0.5, 0.6) is 0 Å². The highest BCUT2D eigenvalue weighted by Crippen LogP contribution is 2.14. The number of hydrogen-bond acceptors (Lipinski definition) is 4. The lowest BCUT2D eigenvalue weighted by atomic mass is 10.1. The van der Waals surface area contributed by atoms with E-state index in [0.29, 0.717) is 24.7 Å². The van der Waals surface area contributed by atoms with E-state index in [1.807, 2.05) is 29.3 Å². The number of carbonyl (C=O) groups excluding carboxylic acids is 1. The number of thioether (sulfide) groups is 1. The van der Waals surface area contributed by atoms with Crippen molar-refractivity contribution in [1.29, 1.82) is 0 Å². The van der Waals surface area contributed by atoms with E-state index in [4.69, 9.17) is 0 Å². The van der Waals surface area contributed by atoms with Gasteiger partial charge in [-0.2, -0.15) is 11.8 Å². The van der Waals surface area contributed by atoms with Gasteiger partial charge in [-0.25, -0.2) is 0 Å². The van der Waals surface area contributed by atoms with Crippen LogP contribution in [0.4, 0.5) is 0 Å². The molecular formula is C11H15NOS2. The zero-order valence-corrected chi connectivity index (χ0v) is 10.2. The summed E-state index contributed by atoms with van der Waals surface area (Å²) in [7, 11) is 0. The van der Waals surface area contributed by atoms with Crippen LogP contribution in [0.1, 0.15) is 11.3 Å². The van der Waals surface area contributed by atoms with Crippen LogP contribution in [0.3, 0.4) is 0 Å². The summed E-state index contributed by atoms with van der Waals surface area (Å²) in [6.45, 7) is 1.04. The fourth-order valence-electron chi connectivity index (χ4n) is 1.71. The van der Waals surface area contributed by atoms with E-state index in [2.05, 4.69) is 5.32 Å². The van der Waals surface area contributed by atoms with Crippen LogP contribution in [0.25, 0.3) is 0 Å². The summed E-state index contributed by atoms with van der Waals surface area (Å²) in [6, 6.07) is 4.43. The van der Waals surface area contributed by atoms with Gasteiger partial charge >= 0.3 is 0 Å². The van der Waals surface area contributed by atoms with Crippen LogP contribution in [0.2, 0.25) is 0 Å². The largest absolute Gasteiger partial charge is 0.312 e. The van der Waals surface area contributed by atoms with E-state index >= 15 is 0 Å². The van der Waals surface area contributed by atoms with Crippen molar-refractivity contribution in [2.24, 2.45) is 0 Å². The lowest BCUT2D eigenvalue weighted by molar-refractivity contribution is -0.118. The molecule has 0 radical (unpaired) electrons. The Morgan fingerprint density at radius 1 is 1.60 bits per heavy atom. The molecule has 1 atom stereocenters. The molecule has 1 unspecified atom stereocenters. The van der Waals surface area contributed by atoms with Crippen LogP contribution < -0.4 is 5.32 Å². The quantitative estimate of drug-likeness (QED) is 0.873. The van der Waals surface area contributed by atoms with Crippen LogP contribution in [0.15, 0.2) is 17.5 Å². The summed E-state index contributed by atoms with van der Waals surface area (Å²) >= 11 is 3.61. The number of Topliss-reactive ketones (excluding diaryl/α,β-unsaturated/α-hetero) is 1. The minimum absolute atomic E-state index is 0.359. The molecule has 0 amide bonds. The highest BCUT2D eigenvalue weighted by Gasteiger charge is 2.16. The van der Waals surface area contributed by atoms with Crippen molar-refractivity contribution >= 4 is 28.9 Å². The molecule has 4 heteroatoms. The van der Waals surface area contributed by atoms with Gasteiger partial charge in [0.15, 0.2) is 0 Å². The Labute approximate surface area is 98.5 Å². The van der Waals surface area contributed by atoms with Gasteiger partial charge in [-0.1, -0.05) is 6.07 Å². The molecule has 82 valence electrons. The molecule has 2 heterocycles. The average molecular weight is 241 g/mol. The maximum atomic E-state index is 11.7. The molecule has 0 spiro atoms. The molecule has 1 aromatic heterocycles. The summed E-state index contributed by atoms with van der Waals surface area (Å²) in [4.78, 5) is 12.9. The first-order valence-corrected chi connectivity index (χ1v) is 7.23. The Morgan fingerprint density at radius 3 is 3.20 bits per heavy atom. The summed E-state index contributed by atoms with van der Waals surface area (Å²) in [5, 5.41) is 5.42. The molecular weight excluding hydrogens is 226 g/mol. The van der Waals surface area contributed by atoms with E-state index in [9.17, 15) is 4.79 Å². The molecule has 0 saturated carbocycles. The molecule has 1 saturated heterocycles. The number of ketones is 1. The third-order valence-corrected chi connectivity index (χ3v) is 4.43. The van der Waals surface area contributed by atoms with Crippen LogP contribution in [-0.2, 0) is 11.2 Å². The molecule has 15 heavy (non-hydrogen) atoms. The first-order valence-electron chi connectivity index (χ1n) is 5.20. The van der Waals surface area contributed by atoms with E-state index in [-0.39, 0.29) is 0 Å². The van der Waals surface area contributed by atoms with E-state index in [1.165, 1.54) is 10.6 Å². The second kappa shape index (κ2) is 5.68. The third kappa shape index (κ3) is 3.63. The molecule has 0 aromatic carbocycles. The van der Waals surface area contributed by atoms with Crippen molar-refractivity contribution in [1.82, 2.24) is 5.32 Å². The van der Waals surface area contributed by atoms with E-state index < -0.39 is 0 Å². The minimum atomic E-state index is 0.359. The number of nitrogens with one attached hydrogen (secondary N) is 1. The highest BCUT2D eigenvalue weighted by molar-refractivity contribution is 7.99. The average Bonchev–Trinajstić information content (AvgIpc) is 2.71. The van der Waals surface area contributed by atoms with Crippen molar-refractivity contribution in [3.8, 4) is 0 Å². The molecule has 1 fully saturated rings.